The zero-order valence-corrected chi connectivity index (χ0v) is 43.2. The smallest absolute Gasteiger partial charge is 0.0673 e. The molecule has 10 aromatic carbocycles. The number of rotatable bonds is 14. The molecular formula is C74H60N2. The van der Waals surface area contributed by atoms with E-state index in [4.69, 9.17) is 0 Å². The predicted molar refractivity (Wildman–Crippen MR) is 323 cm³/mol. The minimum atomic E-state index is -0.527. The van der Waals surface area contributed by atoms with Crippen molar-refractivity contribution in [2.45, 2.75) is 38.0 Å². The lowest BCUT2D eigenvalue weighted by atomic mass is 9.66. The van der Waals surface area contributed by atoms with E-state index in [-0.39, 0.29) is 5.92 Å². The van der Waals surface area contributed by atoms with Crippen LogP contribution in [0, 0.1) is 0 Å². The Kier molecular flexibility index (Phi) is 13.4. The van der Waals surface area contributed by atoms with Gasteiger partial charge in [0.05, 0.1) is 5.41 Å². The van der Waals surface area contributed by atoms with Crippen LogP contribution in [0.5, 0.6) is 0 Å². The number of anilines is 6. The lowest BCUT2D eigenvalue weighted by Gasteiger charge is -2.37. The highest BCUT2D eigenvalue weighted by Crippen LogP contribution is 2.60. The van der Waals surface area contributed by atoms with Gasteiger partial charge in [0.2, 0.25) is 0 Å². The number of nitrogens with zero attached hydrogens (tertiary/aromatic N) is 2. The van der Waals surface area contributed by atoms with Crippen LogP contribution < -0.4 is 9.80 Å². The van der Waals surface area contributed by atoms with Gasteiger partial charge in [0.25, 0.3) is 0 Å². The van der Waals surface area contributed by atoms with Crippen molar-refractivity contribution in [3.8, 4) is 33.4 Å². The topological polar surface area (TPSA) is 6.48 Å². The predicted octanol–water partition coefficient (Wildman–Crippen LogP) is 20.3. The molecular weight excluding hydrogens is 917 g/mol. The van der Waals surface area contributed by atoms with Gasteiger partial charge < -0.3 is 9.80 Å². The molecule has 0 spiro atoms. The summed E-state index contributed by atoms with van der Waals surface area (Å²) in [5.74, 6) is 0.274. The van der Waals surface area contributed by atoms with Crippen LogP contribution in [0.3, 0.4) is 0 Å². The van der Waals surface area contributed by atoms with Crippen LogP contribution in [0.25, 0.3) is 39.0 Å². The molecule has 366 valence electrons. The summed E-state index contributed by atoms with van der Waals surface area (Å²) < 4.78 is 0. The summed E-state index contributed by atoms with van der Waals surface area (Å²) in [6.45, 7) is 4.28. The second kappa shape index (κ2) is 21.3. The number of fused-ring (bicyclic) bond motifs is 3. The van der Waals surface area contributed by atoms with Crippen molar-refractivity contribution >= 4 is 39.7 Å². The van der Waals surface area contributed by atoms with Crippen LogP contribution in [0.1, 0.15) is 60.4 Å². The van der Waals surface area contributed by atoms with E-state index in [2.05, 4.69) is 321 Å². The van der Waals surface area contributed by atoms with Crippen molar-refractivity contribution in [1.29, 1.82) is 0 Å². The molecule has 2 aliphatic rings. The van der Waals surface area contributed by atoms with Crippen molar-refractivity contribution in [2.24, 2.45) is 0 Å². The third kappa shape index (κ3) is 9.03. The van der Waals surface area contributed by atoms with Gasteiger partial charge in [-0.3, -0.25) is 0 Å². The molecule has 0 saturated carbocycles. The molecule has 0 bridgehead atoms. The van der Waals surface area contributed by atoms with Crippen molar-refractivity contribution in [3.05, 3.63) is 331 Å². The molecule has 0 saturated heterocycles. The lowest BCUT2D eigenvalue weighted by molar-refractivity contribution is 0.693. The molecule has 0 N–H and O–H groups in total. The van der Waals surface area contributed by atoms with Crippen molar-refractivity contribution in [1.82, 2.24) is 0 Å². The molecule has 0 amide bonds. The highest BCUT2D eigenvalue weighted by atomic mass is 15.1. The molecule has 0 fully saturated rings. The Morgan fingerprint density at radius 3 is 1.21 bits per heavy atom. The number of benzene rings is 10. The van der Waals surface area contributed by atoms with Crippen LogP contribution >= 0.6 is 0 Å². The average molecular weight is 977 g/mol. The maximum absolute atomic E-state index is 2.40. The third-order valence-electron chi connectivity index (χ3n) is 15.4. The maximum Gasteiger partial charge on any atom is 0.0673 e. The molecule has 0 aliphatic heterocycles. The third-order valence-corrected chi connectivity index (χ3v) is 15.4. The van der Waals surface area contributed by atoms with Gasteiger partial charge in [-0.2, -0.15) is 0 Å². The zero-order chi connectivity index (χ0) is 51.3. The first-order chi connectivity index (χ1) is 37.6. The van der Waals surface area contributed by atoms with Crippen LogP contribution in [0.15, 0.2) is 303 Å². The molecule has 0 heterocycles. The lowest BCUT2D eigenvalue weighted by Crippen LogP contribution is -2.30. The second-order valence-electron chi connectivity index (χ2n) is 19.8. The Bertz CT molecular complexity index is 3620. The first-order valence-corrected chi connectivity index (χ1v) is 26.8. The Labute approximate surface area is 449 Å². The number of hydrogen-bond acceptors (Lipinski definition) is 2. The molecule has 76 heavy (non-hydrogen) atoms. The normalized spacial score (nSPS) is 15.7. The quantitative estimate of drug-likeness (QED) is 0.100. The van der Waals surface area contributed by atoms with Crippen LogP contribution in [-0.2, 0) is 5.41 Å². The van der Waals surface area contributed by atoms with E-state index in [1.807, 2.05) is 0 Å². The summed E-state index contributed by atoms with van der Waals surface area (Å²) in [7, 11) is 0. The first kappa shape index (κ1) is 47.7. The average Bonchev–Trinajstić information content (AvgIpc) is 3.84. The van der Waals surface area contributed by atoms with Gasteiger partial charge >= 0.3 is 0 Å². The molecule has 12 rings (SSSR count). The standard InChI is InChI=1S/C74H60N2/c1-3-18-54(19-4-2)58-30-42-64(43-31-58)75(65-44-32-59(33-45-65)55-20-8-5-9-21-55)68-50-38-62(39-51-68)74(72-28-16-14-26-70(72)71-27-15-17-29-73(71)74)63-40-52-69(53-41-63)76(66-46-34-60(35-47-66)56-22-10-6-11-23-56)67-48-36-61(37-49-67)57-24-12-7-13-25-57/h3,5-26,28-53,71H,4,27H2,1-2H3/b18-3-,54-19+. The Morgan fingerprint density at radius 2 is 0.803 bits per heavy atom. The first-order valence-electron chi connectivity index (χ1n) is 26.8. The van der Waals surface area contributed by atoms with Gasteiger partial charge in [-0.1, -0.05) is 231 Å². The molecule has 0 radical (unpaired) electrons. The maximum atomic E-state index is 2.40. The van der Waals surface area contributed by atoms with Gasteiger partial charge in [0.1, 0.15) is 0 Å². The molecule has 2 nitrogen and oxygen atoms in total. The fourth-order valence-corrected chi connectivity index (χ4v) is 11.8. The van der Waals surface area contributed by atoms with Crippen LogP contribution in [-0.4, -0.2) is 0 Å². The van der Waals surface area contributed by atoms with Crippen LogP contribution in [0.4, 0.5) is 34.1 Å². The SMILES string of the molecule is C/C=C\C(=C/CC)c1ccc(N(c2ccc(-c3ccccc3)cc2)c2ccc(C3(c4ccc(N(c5ccc(-c6ccccc6)cc5)c5ccc(-c6ccccc6)cc5)cc4)C4=CC=CCC4c4ccccc43)cc2)cc1. The minimum absolute atomic E-state index is 0.274. The zero-order valence-electron chi connectivity index (χ0n) is 43.2. The molecule has 2 aliphatic carbocycles. The fourth-order valence-electron chi connectivity index (χ4n) is 11.8. The molecule has 2 atom stereocenters. The van der Waals surface area contributed by atoms with E-state index in [9.17, 15) is 0 Å². The van der Waals surface area contributed by atoms with Gasteiger partial charge in [-0.15, -0.1) is 0 Å². The number of hydrogen-bond donors (Lipinski definition) is 0. The Balaban J connectivity index is 0.969. The van der Waals surface area contributed by atoms with Gasteiger partial charge in [0, 0.05) is 40.0 Å². The van der Waals surface area contributed by atoms with Crippen molar-refractivity contribution < 1.29 is 0 Å². The molecule has 2 unspecified atom stereocenters. The van der Waals surface area contributed by atoms with Gasteiger partial charge in [-0.25, -0.2) is 0 Å². The summed E-state index contributed by atoms with van der Waals surface area (Å²) in [6.07, 6.45) is 15.6. The highest BCUT2D eigenvalue weighted by Gasteiger charge is 2.50. The molecule has 10 aromatic rings. The van der Waals surface area contributed by atoms with E-state index in [0.717, 1.165) is 47.0 Å². The van der Waals surface area contributed by atoms with E-state index in [0.29, 0.717) is 0 Å². The Morgan fingerprint density at radius 1 is 0.434 bits per heavy atom. The summed E-state index contributed by atoms with van der Waals surface area (Å²) >= 11 is 0. The molecule has 0 aromatic heterocycles. The van der Waals surface area contributed by atoms with E-state index < -0.39 is 5.41 Å². The summed E-state index contributed by atoms with van der Waals surface area (Å²) in [5, 5.41) is 0. The monoisotopic (exact) mass is 976 g/mol. The highest BCUT2D eigenvalue weighted by molar-refractivity contribution is 5.84. The van der Waals surface area contributed by atoms with Crippen molar-refractivity contribution in [2.75, 3.05) is 9.80 Å². The number of allylic oxidation sites excluding steroid dienone is 8. The van der Waals surface area contributed by atoms with Gasteiger partial charge in [0.15, 0.2) is 0 Å². The Hall–Kier alpha value is -9.24. The van der Waals surface area contributed by atoms with Crippen LogP contribution in [0.2, 0.25) is 0 Å². The summed E-state index contributed by atoms with van der Waals surface area (Å²) in [4.78, 5) is 4.78. The largest absolute Gasteiger partial charge is 0.311 e. The molecule has 2 heteroatoms. The summed E-state index contributed by atoms with van der Waals surface area (Å²) in [5.41, 5.74) is 22.4. The minimum Gasteiger partial charge on any atom is -0.311 e. The van der Waals surface area contributed by atoms with Crippen molar-refractivity contribution in [3.63, 3.8) is 0 Å². The van der Waals surface area contributed by atoms with E-state index in [1.54, 1.807) is 0 Å². The summed E-state index contributed by atoms with van der Waals surface area (Å²) in [6, 6.07) is 96.0. The second-order valence-corrected chi connectivity index (χ2v) is 19.8. The van der Waals surface area contributed by atoms with Gasteiger partial charge in [-0.05, 0) is 165 Å². The fraction of sp³-hybridized carbons (Fsp3) is 0.0811. The van der Waals surface area contributed by atoms with E-state index >= 15 is 0 Å². The van der Waals surface area contributed by atoms with E-state index in [1.165, 1.54) is 72.3 Å².